The van der Waals surface area contributed by atoms with Crippen molar-refractivity contribution in [2.45, 2.75) is 57.8 Å². The summed E-state index contributed by atoms with van der Waals surface area (Å²) in [5.74, 6) is 1.22. The SMILES string of the molecule is COc1cc2ncn([C@H]3[C@@H]4OC[C@@H](O4)[C@@H](NCCC(C)(C)C)[C@@H]3O)c2cc1OC. The van der Waals surface area contributed by atoms with Crippen molar-refractivity contribution in [2.24, 2.45) is 5.41 Å². The van der Waals surface area contributed by atoms with E-state index < -0.39 is 18.4 Å². The maximum Gasteiger partial charge on any atom is 0.181 e. The van der Waals surface area contributed by atoms with E-state index in [0.29, 0.717) is 18.1 Å². The molecule has 2 fully saturated rings. The van der Waals surface area contributed by atoms with Gasteiger partial charge in [0.2, 0.25) is 0 Å². The third kappa shape index (κ3) is 3.82. The summed E-state index contributed by atoms with van der Waals surface area (Å²) >= 11 is 0. The molecule has 2 aliphatic rings. The number of benzene rings is 1. The highest BCUT2D eigenvalue weighted by atomic mass is 16.7. The fraction of sp³-hybridized carbons (Fsp3) is 0.667. The second kappa shape index (κ2) is 7.75. The molecular formula is C21H31N3O5. The highest BCUT2D eigenvalue weighted by Gasteiger charge is 2.51. The van der Waals surface area contributed by atoms with E-state index >= 15 is 0 Å². The molecule has 8 heteroatoms. The summed E-state index contributed by atoms with van der Waals surface area (Å²) in [6, 6.07) is 3.08. The molecule has 2 aromatic rings. The van der Waals surface area contributed by atoms with Crippen LogP contribution in [0, 0.1) is 5.41 Å². The van der Waals surface area contributed by atoms with Crippen LogP contribution in [0.5, 0.6) is 11.5 Å². The molecule has 2 aliphatic heterocycles. The van der Waals surface area contributed by atoms with Crippen LogP contribution in [0.2, 0.25) is 0 Å². The Bertz CT molecular complexity index is 862. The average molecular weight is 405 g/mol. The molecule has 160 valence electrons. The number of ether oxygens (including phenoxy) is 4. The van der Waals surface area contributed by atoms with Crippen LogP contribution in [0.4, 0.5) is 0 Å². The van der Waals surface area contributed by atoms with Gasteiger partial charge in [0, 0.05) is 12.1 Å². The first-order valence-electron chi connectivity index (χ1n) is 10.1. The third-order valence-electron chi connectivity index (χ3n) is 5.79. The highest BCUT2D eigenvalue weighted by molar-refractivity contribution is 5.80. The Kier molecular flexibility index (Phi) is 5.46. The lowest BCUT2D eigenvalue weighted by Gasteiger charge is -2.39. The third-order valence-corrected chi connectivity index (χ3v) is 5.79. The molecule has 1 aromatic heterocycles. The van der Waals surface area contributed by atoms with E-state index in [0.717, 1.165) is 24.0 Å². The van der Waals surface area contributed by atoms with E-state index in [2.05, 4.69) is 31.1 Å². The second-order valence-electron chi connectivity index (χ2n) is 9.00. The summed E-state index contributed by atoms with van der Waals surface area (Å²) in [6.07, 6.45) is 1.38. The molecule has 29 heavy (non-hydrogen) atoms. The Morgan fingerprint density at radius 1 is 1.24 bits per heavy atom. The Balaban J connectivity index is 1.63. The van der Waals surface area contributed by atoms with Gasteiger partial charge in [-0.15, -0.1) is 0 Å². The van der Waals surface area contributed by atoms with Crippen LogP contribution in [0.15, 0.2) is 18.5 Å². The number of aliphatic hydroxyl groups excluding tert-OH is 1. The molecule has 2 N–H and O–H groups in total. The van der Waals surface area contributed by atoms with Crippen molar-refractivity contribution in [3.05, 3.63) is 18.5 Å². The zero-order valence-corrected chi connectivity index (χ0v) is 17.7. The number of rotatable bonds is 6. The largest absolute Gasteiger partial charge is 0.493 e. The van der Waals surface area contributed by atoms with Crippen molar-refractivity contribution in [1.29, 1.82) is 0 Å². The molecule has 0 saturated carbocycles. The van der Waals surface area contributed by atoms with E-state index in [1.165, 1.54) is 0 Å². The van der Waals surface area contributed by atoms with E-state index in [4.69, 9.17) is 18.9 Å². The summed E-state index contributed by atoms with van der Waals surface area (Å²) in [6.45, 7) is 7.89. The molecule has 0 aliphatic carbocycles. The molecule has 5 atom stereocenters. The minimum absolute atomic E-state index is 0.157. The van der Waals surface area contributed by atoms with Gasteiger partial charge in [0.25, 0.3) is 0 Å². The molecule has 4 rings (SSSR count). The number of imidazole rings is 1. The standard InChI is InChI=1S/C21H31N3O5/c1-21(2,3)6-7-22-17-16-10-28-20(29-16)18(19(17)25)24-11-23-12-8-14(26-4)15(27-5)9-13(12)24/h8-9,11,16-20,22,25H,6-7,10H2,1-5H3/t16-,17-,18-,19+,20-/m1/s1. The summed E-state index contributed by atoms with van der Waals surface area (Å²) in [4.78, 5) is 4.50. The average Bonchev–Trinajstić information content (AvgIpc) is 3.28. The Morgan fingerprint density at radius 2 is 1.97 bits per heavy atom. The Hall–Kier alpha value is -1.87. The number of hydrogen-bond donors (Lipinski definition) is 2. The van der Waals surface area contributed by atoms with Crippen LogP contribution in [0.1, 0.15) is 33.2 Å². The number of hydrogen-bond acceptors (Lipinski definition) is 7. The Morgan fingerprint density at radius 3 is 2.66 bits per heavy atom. The van der Waals surface area contributed by atoms with Crippen LogP contribution < -0.4 is 14.8 Å². The van der Waals surface area contributed by atoms with Gasteiger partial charge in [0.1, 0.15) is 12.1 Å². The molecule has 8 nitrogen and oxygen atoms in total. The van der Waals surface area contributed by atoms with Gasteiger partial charge >= 0.3 is 0 Å². The van der Waals surface area contributed by atoms with Crippen LogP contribution in [-0.2, 0) is 9.47 Å². The lowest BCUT2D eigenvalue weighted by molar-refractivity contribution is -0.164. The predicted molar refractivity (Wildman–Crippen MR) is 108 cm³/mol. The van der Waals surface area contributed by atoms with Crippen LogP contribution in [0.3, 0.4) is 0 Å². The zero-order chi connectivity index (χ0) is 20.8. The van der Waals surface area contributed by atoms with Crippen molar-refractivity contribution in [3.8, 4) is 11.5 Å². The highest BCUT2D eigenvalue weighted by Crippen LogP contribution is 2.39. The maximum absolute atomic E-state index is 11.3. The smallest absolute Gasteiger partial charge is 0.181 e. The molecule has 0 radical (unpaired) electrons. The molecule has 2 saturated heterocycles. The summed E-state index contributed by atoms with van der Waals surface area (Å²) in [7, 11) is 3.20. The number of methoxy groups -OCH3 is 2. The molecule has 2 bridgehead atoms. The maximum atomic E-state index is 11.3. The fourth-order valence-corrected chi connectivity index (χ4v) is 4.15. The van der Waals surface area contributed by atoms with Crippen molar-refractivity contribution in [1.82, 2.24) is 14.9 Å². The van der Waals surface area contributed by atoms with Crippen LogP contribution in [0.25, 0.3) is 11.0 Å². The van der Waals surface area contributed by atoms with Gasteiger partial charge in [-0.05, 0) is 18.4 Å². The zero-order valence-electron chi connectivity index (χ0n) is 17.7. The summed E-state index contributed by atoms with van der Waals surface area (Å²) in [5.41, 5.74) is 1.81. The fourth-order valence-electron chi connectivity index (χ4n) is 4.15. The van der Waals surface area contributed by atoms with Gasteiger partial charge in [0.15, 0.2) is 17.8 Å². The number of nitrogens with one attached hydrogen (secondary N) is 1. The second-order valence-corrected chi connectivity index (χ2v) is 9.00. The van der Waals surface area contributed by atoms with Crippen LogP contribution in [-0.4, -0.2) is 66.6 Å². The monoisotopic (exact) mass is 405 g/mol. The molecule has 3 heterocycles. The van der Waals surface area contributed by atoms with Crippen LogP contribution >= 0.6 is 0 Å². The quantitative estimate of drug-likeness (QED) is 0.761. The summed E-state index contributed by atoms with van der Waals surface area (Å²) < 4.78 is 24.7. The van der Waals surface area contributed by atoms with E-state index in [1.54, 1.807) is 20.5 Å². The lowest BCUT2D eigenvalue weighted by Crippen LogP contribution is -2.57. The first-order valence-corrected chi connectivity index (χ1v) is 10.1. The van der Waals surface area contributed by atoms with E-state index in [1.807, 2.05) is 16.7 Å². The van der Waals surface area contributed by atoms with Gasteiger partial charge in [-0.3, -0.25) is 0 Å². The van der Waals surface area contributed by atoms with Gasteiger partial charge < -0.3 is 33.9 Å². The lowest BCUT2D eigenvalue weighted by atomic mass is 9.91. The molecule has 1 aromatic carbocycles. The number of nitrogens with zero attached hydrogens (tertiary/aromatic N) is 2. The van der Waals surface area contributed by atoms with Crippen molar-refractivity contribution >= 4 is 11.0 Å². The number of fused-ring (bicyclic) bond motifs is 3. The van der Waals surface area contributed by atoms with Crippen molar-refractivity contribution < 1.29 is 24.1 Å². The number of aliphatic hydroxyl groups is 1. The van der Waals surface area contributed by atoms with Gasteiger partial charge in [-0.2, -0.15) is 0 Å². The van der Waals surface area contributed by atoms with Crippen molar-refractivity contribution in [3.63, 3.8) is 0 Å². The summed E-state index contributed by atoms with van der Waals surface area (Å²) in [5, 5.41) is 14.8. The first-order chi connectivity index (χ1) is 13.8. The van der Waals surface area contributed by atoms with Crippen molar-refractivity contribution in [2.75, 3.05) is 27.4 Å². The molecular weight excluding hydrogens is 374 g/mol. The van der Waals surface area contributed by atoms with E-state index in [-0.39, 0.29) is 17.6 Å². The Labute approximate surface area is 171 Å². The minimum Gasteiger partial charge on any atom is -0.493 e. The molecule has 0 amide bonds. The van der Waals surface area contributed by atoms with Gasteiger partial charge in [-0.1, -0.05) is 20.8 Å². The predicted octanol–water partition coefficient (Wildman–Crippen LogP) is 2.10. The van der Waals surface area contributed by atoms with E-state index in [9.17, 15) is 5.11 Å². The van der Waals surface area contributed by atoms with Gasteiger partial charge in [0.05, 0.1) is 50.3 Å². The normalized spacial score (nSPS) is 29.4. The first kappa shape index (κ1) is 20.4. The molecule has 0 unspecified atom stereocenters. The topological polar surface area (TPSA) is 87.0 Å². The molecule has 0 spiro atoms. The number of aromatic nitrogens is 2. The minimum atomic E-state index is -0.674. The van der Waals surface area contributed by atoms with Gasteiger partial charge in [-0.25, -0.2) is 4.98 Å².